The third-order valence-corrected chi connectivity index (χ3v) is 2.52. The van der Waals surface area contributed by atoms with Crippen molar-refractivity contribution in [2.45, 2.75) is 27.2 Å². The number of hydrogen-bond donors (Lipinski definition) is 6. The molecule has 0 spiro atoms. The minimum Gasteiger partial charge on any atom is -0.478 e. The van der Waals surface area contributed by atoms with Gasteiger partial charge in [0.2, 0.25) is 0 Å². The van der Waals surface area contributed by atoms with Crippen LogP contribution in [0.5, 0.6) is 0 Å². The largest absolute Gasteiger partial charge is 0.478 e. The summed E-state index contributed by atoms with van der Waals surface area (Å²) < 4.78 is 4.14. The van der Waals surface area contributed by atoms with Crippen LogP contribution in [-0.2, 0) is 23.9 Å². The van der Waals surface area contributed by atoms with Crippen LogP contribution in [0.25, 0.3) is 0 Å². The molecule has 32 heavy (non-hydrogen) atoms. The van der Waals surface area contributed by atoms with Gasteiger partial charge in [0.05, 0.1) is 7.11 Å². The maximum Gasteiger partial charge on any atom is 0.330 e. The zero-order chi connectivity index (χ0) is 26.9. The zero-order valence-electron chi connectivity index (χ0n) is 19.0. The Morgan fingerprint density at radius 1 is 0.781 bits per heavy atom. The molecule has 0 rings (SSSR count). The number of carboxylic acids is 3. The molecule has 6 N–H and O–H groups in total. The molecule has 11 heteroatoms. The van der Waals surface area contributed by atoms with E-state index in [2.05, 4.69) is 31.1 Å². The summed E-state index contributed by atoms with van der Waals surface area (Å²) in [5.41, 5.74) is 0.528. The van der Waals surface area contributed by atoms with Gasteiger partial charge in [0.1, 0.15) is 0 Å². The molecule has 0 aliphatic rings. The normalized spacial score (nSPS) is 8.12. The van der Waals surface area contributed by atoms with E-state index in [9.17, 15) is 19.2 Å². The van der Waals surface area contributed by atoms with Crippen LogP contribution in [0.2, 0.25) is 0 Å². The number of aliphatic hydroxyl groups excluding tert-OH is 3. The lowest BCUT2D eigenvalue weighted by atomic mass is 10.1. The second-order valence-corrected chi connectivity index (χ2v) is 5.73. The molecule has 0 aliphatic carbocycles. The summed E-state index contributed by atoms with van der Waals surface area (Å²) >= 11 is 0. The number of rotatable bonds is 8. The van der Waals surface area contributed by atoms with Gasteiger partial charge in [0.15, 0.2) is 0 Å². The standard InChI is InChI=1S/C5H12O3.4C4H6O2/c6-2-1-5(3-7)4-8;1-3-4(5)6-2;3*1-3(2)4(5)6/h5-8H,1-4H2;3H,1H2,2H3;3*1H2,2H3,(H,5,6). The van der Waals surface area contributed by atoms with Crippen molar-refractivity contribution in [1.82, 2.24) is 0 Å². The molecule has 0 saturated heterocycles. The molecule has 0 unspecified atom stereocenters. The molecule has 186 valence electrons. The van der Waals surface area contributed by atoms with Crippen LogP contribution in [-0.4, -0.2) is 81.4 Å². The van der Waals surface area contributed by atoms with Gasteiger partial charge in [0, 0.05) is 48.5 Å². The predicted molar refractivity (Wildman–Crippen MR) is 119 cm³/mol. The lowest BCUT2D eigenvalue weighted by molar-refractivity contribution is -0.135. The number of hydrogen-bond acceptors (Lipinski definition) is 8. The van der Waals surface area contributed by atoms with Crippen molar-refractivity contribution >= 4 is 23.9 Å². The van der Waals surface area contributed by atoms with Gasteiger partial charge in [-0.05, 0) is 27.2 Å². The molecule has 0 radical (unpaired) electrons. The quantitative estimate of drug-likeness (QED) is 0.223. The number of methoxy groups -OCH3 is 1. The van der Waals surface area contributed by atoms with Gasteiger partial charge >= 0.3 is 23.9 Å². The molecule has 0 aromatic heterocycles. The van der Waals surface area contributed by atoms with E-state index in [-0.39, 0.29) is 42.5 Å². The van der Waals surface area contributed by atoms with E-state index in [0.29, 0.717) is 6.42 Å². The van der Waals surface area contributed by atoms with Crippen molar-refractivity contribution in [3.05, 3.63) is 49.1 Å². The molecule has 0 saturated carbocycles. The second-order valence-electron chi connectivity index (χ2n) is 5.73. The maximum atomic E-state index is 9.84. The molecule has 0 aromatic carbocycles. The van der Waals surface area contributed by atoms with E-state index in [1.54, 1.807) is 0 Å². The highest BCUT2D eigenvalue weighted by molar-refractivity contribution is 5.85. The number of carboxylic acid groups (broad SMARTS) is 3. The Kier molecular flexibility index (Phi) is 34.0. The first-order valence-electron chi connectivity index (χ1n) is 8.78. The fraction of sp³-hybridized carbons (Fsp3) is 0.429. The lowest BCUT2D eigenvalue weighted by Gasteiger charge is -2.06. The fourth-order valence-corrected chi connectivity index (χ4v) is 0.506. The highest BCUT2D eigenvalue weighted by Gasteiger charge is 2.02. The number of carbonyl (C=O) groups excluding carboxylic acids is 1. The van der Waals surface area contributed by atoms with Crippen molar-refractivity contribution in [1.29, 1.82) is 0 Å². The number of aliphatic carboxylic acids is 3. The van der Waals surface area contributed by atoms with Crippen LogP contribution in [0, 0.1) is 5.92 Å². The van der Waals surface area contributed by atoms with E-state index in [4.69, 9.17) is 30.6 Å². The van der Waals surface area contributed by atoms with E-state index >= 15 is 0 Å². The molecule has 0 fully saturated rings. The zero-order valence-corrected chi connectivity index (χ0v) is 19.0. The Bertz CT molecular complexity index is 506. The average molecular weight is 465 g/mol. The topological polar surface area (TPSA) is 199 Å². The van der Waals surface area contributed by atoms with Crippen LogP contribution in [0.15, 0.2) is 49.1 Å². The Morgan fingerprint density at radius 3 is 1.06 bits per heavy atom. The maximum absolute atomic E-state index is 9.84. The molecule has 0 aromatic rings. The highest BCUT2D eigenvalue weighted by Crippen LogP contribution is 1.97. The molecular weight excluding hydrogens is 428 g/mol. The minimum atomic E-state index is -0.935. The lowest BCUT2D eigenvalue weighted by Crippen LogP contribution is -2.12. The van der Waals surface area contributed by atoms with Gasteiger partial charge in [-0.15, -0.1) is 0 Å². The average Bonchev–Trinajstić information content (AvgIpc) is 2.72. The summed E-state index contributed by atoms with van der Waals surface area (Å²) in [6.07, 6.45) is 1.59. The van der Waals surface area contributed by atoms with Crippen LogP contribution >= 0.6 is 0 Å². The summed E-state index contributed by atoms with van der Waals surface area (Å²) in [5.74, 6) is -3.34. The fourth-order valence-electron chi connectivity index (χ4n) is 0.506. The smallest absolute Gasteiger partial charge is 0.330 e. The Hall–Kier alpha value is -3.28. The van der Waals surface area contributed by atoms with E-state index in [1.165, 1.54) is 27.9 Å². The van der Waals surface area contributed by atoms with Crippen LogP contribution < -0.4 is 0 Å². The van der Waals surface area contributed by atoms with Gasteiger partial charge in [-0.1, -0.05) is 26.3 Å². The molecule has 0 atom stereocenters. The Morgan fingerprint density at radius 2 is 1.03 bits per heavy atom. The summed E-state index contributed by atoms with van der Waals surface area (Å²) in [4.78, 5) is 38.6. The first-order valence-corrected chi connectivity index (χ1v) is 8.78. The molecule has 11 nitrogen and oxygen atoms in total. The number of carbonyl (C=O) groups is 4. The van der Waals surface area contributed by atoms with E-state index < -0.39 is 23.9 Å². The van der Waals surface area contributed by atoms with Crippen molar-refractivity contribution < 1.29 is 54.6 Å². The van der Waals surface area contributed by atoms with Crippen molar-refractivity contribution in [2.24, 2.45) is 5.92 Å². The third-order valence-electron chi connectivity index (χ3n) is 2.52. The molecule has 0 aliphatic heterocycles. The van der Waals surface area contributed by atoms with Crippen molar-refractivity contribution in [2.75, 3.05) is 26.9 Å². The van der Waals surface area contributed by atoms with Gasteiger partial charge in [-0.25, -0.2) is 19.2 Å². The Labute approximate surface area is 188 Å². The first kappa shape index (κ1) is 39.2. The number of ether oxygens (including phenoxy) is 1. The second kappa shape index (κ2) is 27.7. The summed E-state index contributed by atoms with van der Waals surface area (Å²) in [7, 11) is 1.31. The van der Waals surface area contributed by atoms with Crippen LogP contribution in [0.4, 0.5) is 0 Å². The minimum absolute atomic E-state index is 0.0335. The van der Waals surface area contributed by atoms with Crippen molar-refractivity contribution in [3.63, 3.8) is 0 Å². The van der Waals surface area contributed by atoms with Crippen LogP contribution in [0.1, 0.15) is 27.2 Å². The van der Waals surface area contributed by atoms with Crippen molar-refractivity contribution in [3.8, 4) is 0 Å². The summed E-state index contributed by atoms with van der Waals surface area (Å²) in [6.45, 7) is 16.9. The monoisotopic (exact) mass is 464 g/mol. The molecular formula is C21H36O11. The molecule has 0 amide bonds. The van der Waals surface area contributed by atoms with Gasteiger partial charge in [-0.2, -0.15) is 0 Å². The number of aliphatic hydroxyl groups is 3. The van der Waals surface area contributed by atoms with Gasteiger partial charge < -0.3 is 35.4 Å². The third kappa shape index (κ3) is 45.5. The van der Waals surface area contributed by atoms with Crippen LogP contribution in [0.3, 0.4) is 0 Å². The SMILES string of the molecule is C=C(C)C(=O)O.C=C(C)C(=O)O.C=C(C)C(=O)O.C=CC(=O)OC.OCCC(CO)CO. The van der Waals surface area contributed by atoms with Gasteiger partial charge in [-0.3, -0.25) is 0 Å². The predicted octanol–water partition coefficient (Wildman–Crippen LogP) is 1.26. The van der Waals surface area contributed by atoms with E-state index in [1.807, 2.05) is 0 Å². The molecule has 0 heterocycles. The number of esters is 1. The molecule has 0 bridgehead atoms. The first-order chi connectivity index (χ1) is 14.6. The summed E-state index contributed by atoms with van der Waals surface area (Å²) in [5, 5.41) is 48.7. The van der Waals surface area contributed by atoms with Gasteiger partial charge in [0.25, 0.3) is 0 Å². The van der Waals surface area contributed by atoms with E-state index in [0.717, 1.165) is 6.08 Å². The summed E-state index contributed by atoms with van der Waals surface area (Å²) in [6, 6.07) is 0. The Balaban J connectivity index is -0.0000000955. The highest BCUT2D eigenvalue weighted by atomic mass is 16.5.